The summed E-state index contributed by atoms with van der Waals surface area (Å²) in [5.74, 6) is 0.785. The molecule has 0 aliphatic carbocycles. The van der Waals surface area contributed by atoms with E-state index in [4.69, 9.17) is 5.73 Å². The predicted molar refractivity (Wildman–Crippen MR) is 86.6 cm³/mol. The SMILES string of the molecule is CCC(N)Cc1cc(C)nc(-c2ccc(Br)cc2C)n1. The highest BCUT2D eigenvalue weighted by Gasteiger charge is 2.10. The number of halogens is 1. The predicted octanol–water partition coefficient (Wildman–Crippen LogP) is 3.80. The molecule has 20 heavy (non-hydrogen) atoms. The minimum atomic E-state index is 0.156. The second kappa shape index (κ2) is 6.46. The summed E-state index contributed by atoms with van der Waals surface area (Å²) in [6.45, 7) is 6.17. The van der Waals surface area contributed by atoms with E-state index in [0.717, 1.165) is 45.7 Å². The molecule has 0 bridgehead atoms. The van der Waals surface area contributed by atoms with E-state index in [1.165, 1.54) is 0 Å². The van der Waals surface area contributed by atoms with E-state index in [1.54, 1.807) is 0 Å². The van der Waals surface area contributed by atoms with Gasteiger partial charge in [-0.3, -0.25) is 0 Å². The van der Waals surface area contributed by atoms with Crippen molar-refractivity contribution in [2.24, 2.45) is 5.73 Å². The minimum absolute atomic E-state index is 0.156. The van der Waals surface area contributed by atoms with Crippen LogP contribution in [0, 0.1) is 13.8 Å². The monoisotopic (exact) mass is 333 g/mol. The molecule has 0 amide bonds. The maximum absolute atomic E-state index is 6.03. The standard InChI is InChI=1S/C16H20BrN3/c1-4-13(18)9-14-8-11(3)19-16(20-14)15-6-5-12(17)7-10(15)2/h5-8,13H,4,9,18H2,1-3H3. The first-order valence-electron chi connectivity index (χ1n) is 6.86. The van der Waals surface area contributed by atoms with E-state index in [9.17, 15) is 0 Å². The van der Waals surface area contributed by atoms with Crippen molar-refractivity contribution in [3.05, 3.63) is 45.7 Å². The fraction of sp³-hybridized carbons (Fsp3) is 0.375. The van der Waals surface area contributed by atoms with Crippen molar-refractivity contribution in [2.75, 3.05) is 0 Å². The Bertz CT molecular complexity index is 611. The van der Waals surface area contributed by atoms with Crippen LogP contribution in [-0.2, 0) is 6.42 Å². The molecule has 4 heteroatoms. The number of nitrogens with zero attached hydrogens (tertiary/aromatic N) is 2. The van der Waals surface area contributed by atoms with Crippen molar-refractivity contribution in [1.82, 2.24) is 9.97 Å². The van der Waals surface area contributed by atoms with Crippen molar-refractivity contribution in [2.45, 2.75) is 39.7 Å². The summed E-state index contributed by atoms with van der Waals surface area (Å²) < 4.78 is 1.07. The Kier molecular flexibility index (Phi) is 4.89. The summed E-state index contributed by atoms with van der Waals surface area (Å²) in [4.78, 5) is 9.24. The zero-order valence-corrected chi connectivity index (χ0v) is 13.7. The Morgan fingerprint density at radius 1 is 1.20 bits per heavy atom. The number of hydrogen-bond donors (Lipinski definition) is 1. The van der Waals surface area contributed by atoms with Crippen LogP contribution >= 0.6 is 15.9 Å². The lowest BCUT2D eigenvalue weighted by Crippen LogP contribution is -2.22. The van der Waals surface area contributed by atoms with Crippen LogP contribution in [0.3, 0.4) is 0 Å². The van der Waals surface area contributed by atoms with Crippen LogP contribution in [0.1, 0.15) is 30.3 Å². The third kappa shape index (κ3) is 3.64. The van der Waals surface area contributed by atoms with Crippen LogP contribution in [0.25, 0.3) is 11.4 Å². The van der Waals surface area contributed by atoms with Gasteiger partial charge in [-0.05, 0) is 50.1 Å². The van der Waals surface area contributed by atoms with Crippen LogP contribution < -0.4 is 5.73 Å². The second-order valence-electron chi connectivity index (χ2n) is 5.16. The zero-order valence-electron chi connectivity index (χ0n) is 12.2. The maximum Gasteiger partial charge on any atom is 0.159 e. The van der Waals surface area contributed by atoms with Crippen molar-refractivity contribution in [3.63, 3.8) is 0 Å². The summed E-state index contributed by atoms with van der Waals surface area (Å²) >= 11 is 3.48. The fourth-order valence-corrected chi connectivity index (χ4v) is 2.63. The molecule has 0 radical (unpaired) electrons. The molecule has 1 aromatic carbocycles. The Labute approximate surface area is 128 Å². The number of rotatable bonds is 4. The quantitative estimate of drug-likeness (QED) is 0.925. The Morgan fingerprint density at radius 2 is 1.95 bits per heavy atom. The first kappa shape index (κ1) is 15.1. The first-order chi connectivity index (χ1) is 9.49. The Balaban J connectivity index is 2.41. The molecule has 1 heterocycles. The summed E-state index contributed by atoms with van der Waals surface area (Å²) in [6.07, 6.45) is 1.75. The van der Waals surface area contributed by atoms with Gasteiger partial charge in [0.1, 0.15) is 0 Å². The van der Waals surface area contributed by atoms with E-state index < -0.39 is 0 Å². The van der Waals surface area contributed by atoms with Gasteiger partial charge in [0.2, 0.25) is 0 Å². The van der Waals surface area contributed by atoms with E-state index in [0.29, 0.717) is 0 Å². The highest BCUT2D eigenvalue weighted by molar-refractivity contribution is 9.10. The van der Waals surface area contributed by atoms with Gasteiger partial charge >= 0.3 is 0 Å². The van der Waals surface area contributed by atoms with Crippen LogP contribution in [0.2, 0.25) is 0 Å². The van der Waals surface area contributed by atoms with Crippen LogP contribution in [0.15, 0.2) is 28.7 Å². The average molecular weight is 334 g/mol. The van der Waals surface area contributed by atoms with Gasteiger partial charge < -0.3 is 5.73 Å². The molecule has 2 rings (SSSR count). The van der Waals surface area contributed by atoms with E-state index in [1.807, 2.05) is 19.1 Å². The van der Waals surface area contributed by atoms with Crippen molar-refractivity contribution in [1.29, 1.82) is 0 Å². The van der Waals surface area contributed by atoms with Gasteiger partial charge in [0.25, 0.3) is 0 Å². The van der Waals surface area contributed by atoms with Gasteiger partial charge in [-0.2, -0.15) is 0 Å². The molecular formula is C16H20BrN3. The molecule has 0 spiro atoms. The number of aromatic nitrogens is 2. The third-order valence-corrected chi connectivity index (χ3v) is 3.83. The van der Waals surface area contributed by atoms with E-state index in [-0.39, 0.29) is 6.04 Å². The topological polar surface area (TPSA) is 51.8 Å². The number of hydrogen-bond acceptors (Lipinski definition) is 3. The molecular weight excluding hydrogens is 314 g/mol. The molecule has 106 valence electrons. The molecule has 0 aliphatic heterocycles. The van der Waals surface area contributed by atoms with Crippen molar-refractivity contribution in [3.8, 4) is 11.4 Å². The van der Waals surface area contributed by atoms with Gasteiger partial charge in [-0.25, -0.2) is 9.97 Å². The van der Waals surface area contributed by atoms with Gasteiger partial charge in [-0.15, -0.1) is 0 Å². The lowest BCUT2D eigenvalue weighted by atomic mass is 10.1. The molecule has 1 unspecified atom stereocenters. The molecule has 1 atom stereocenters. The van der Waals surface area contributed by atoms with Crippen molar-refractivity contribution >= 4 is 15.9 Å². The van der Waals surface area contributed by atoms with Gasteiger partial charge in [-0.1, -0.05) is 22.9 Å². The minimum Gasteiger partial charge on any atom is -0.327 e. The highest BCUT2D eigenvalue weighted by Crippen LogP contribution is 2.24. The van der Waals surface area contributed by atoms with Gasteiger partial charge in [0, 0.05) is 33.9 Å². The van der Waals surface area contributed by atoms with Gasteiger partial charge in [0.05, 0.1) is 0 Å². The molecule has 0 saturated heterocycles. The Hall–Kier alpha value is -1.26. The first-order valence-corrected chi connectivity index (χ1v) is 7.65. The molecule has 0 fully saturated rings. The lowest BCUT2D eigenvalue weighted by molar-refractivity contribution is 0.635. The lowest BCUT2D eigenvalue weighted by Gasteiger charge is -2.11. The number of benzene rings is 1. The van der Waals surface area contributed by atoms with Crippen LogP contribution in [0.4, 0.5) is 0 Å². The number of aryl methyl sites for hydroxylation is 2. The largest absolute Gasteiger partial charge is 0.327 e. The van der Waals surface area contributed by atoms with E-state index >= 15 is 0 Å². The fourth-order valence-electron chi connectivity index (χ4n) is 2.15. The molecule has 2 aromatic rings. The summed E-state index contributed by atoms with van der Waals surface area (Å²) in [6, 6.07) is 8.33. The summed E-state index contributed by atoms with van der Waals surface area (Å²) in [5.41, 5.74) is 10.3. The summed E-state index contributed by atoms with van der Waals surface area (Å²) in [7, 11) is 0. The molecule has 2 N–H and O–H groups in total. The third-order valence-electron chi connectivity index (χ3n) is 3.33. The smallest absolute Gasteiger partial charge is 0.159 e. The zero-order chi connectivity index (χ0) is 14.7. The van der Waals surface area contributed by atoms with E-state index in [2.05, 4.69) is 51.9 Å². The molecule has 0 saturated carbocycles. The Morgan fingerprint density at radius 3 is 2.60 bits per heavy atom. The van der Waals surface area contributed by atoms with Crippen LogP contribution in [-0.4, -0.2) is 16.0 Å². The second-order valence-corrected chi connectivity index (χ2v) is 6.07. The normalized spacial score (nSPS) is 12.4. The number of nitrogens with two attached hydrogens (primary N) is 1. The highest BCUT2D eigenvalue weighted by atomic mass is 79.9. The molecule has 3 nitrogen and oxygen atoms in total. The average Bonchev–Trinajstić information content (AvgIpc) is 2.37. The molecule has 1 aromatic heterocycles. The maximum atomic E-state index is 6.03. The van der Waals surface area contributed by atoms with Crippen LogP contribution in [0.5, 0.6) is 0 Å². The molecule has 0 aliphatic rings. The van der Waals surface area contributed by atoms with Gasteiger partial charge in [0.15, 0.2) is 5.82 Å². The van der Waals surface area contributed by atoms with Crippen molar-refractivity contribution < 1.29 is 0 Å². The summed E-state index contributed by atoms with van der Waals surface area (Å²) in [5, 5.41) is 0.